The van der Waals surface area contributed by atoms with E-state index in [-0.39, 0.29) is 24.0 Å². The number of fused-ring (bicyclic) bond motifs is 1. The van der Waals surface area contributed by atoms with E-state index in [1.807, 2.05) is 25.1 Å². The van der Waals surface area contributed by atoms with Crippen LogP contribution in [-0.2, 0) is 29.1 Å². The molecule has 9 heteroatoms. The van der Waals surface area contributed by atoms with Crippen molar-refractivity contribution < 1.29 is 9.59 Å². The standard InChI is InChI=1S/C24H34N6O3/c1-2-9-20(23(32)25-18-10-8-11-19(16-18)28-13-6-7-14-28)26-22(31)17-30-24(33)29-15-5-3-4-12-21(29)27-30/h8,10-11,16,20H,2-7,9,12-15,17H2,1H3,(H,25,32)(H,26,31). The Kier molecular flexibility index (Phi) is 7.47. The zero-order valence-corrected chi connectivity index (χ0v) is 19.4. The van der Waals surface area contributed by atoms with Gasteiger partial charge in [-0.15, -0.1) is 0 Å². The number of benzene rings is 1. The van der Waals surface area contributed by atoms with Crippen LogP contribution in [0.1, 0.15) is 57.7 Å². The van der Waals surface area contributed by atoms with Crippen molar-refractivity contribution in [2.24, 2.45) is 0 Å². The predicted molar refractivity (Wildman–Crippen MR) is 127 cm³/mol. The summed E-state index contributed by atoms with van der Waals surface area (Å²) in [5, 5.41) is 10.1. The van der Waals surface area contributed by atoms with Crippen LogP contribution in [0.15, 0.2) is 29.1 Å². The van der Waals surface area contributed by atoms with Crippen LogP contribution in [0, 0.1) is 0 Å². The molecule has 2 aliphatic rings. The highest BCUT2D eigenvalue weighted by molar-refractivity contribution is 5.97. The fraction of sp³-hybridized carbons (Fsp3) is 0.583. The van der Waals surface area contributed by atoms with Crippen LogP contribution in [0.25, 0.3) is 0 Å². The van der Waals surface area contributed by atoms with Gasteiger partial charge in [0.1, 0.15) is 18.4 Å². The Morgan fingerprint density at radius 2 is 1.88 bits per heavy atom. The third-order valence-electron chi connectivity index (χ3n) is 6.39. The van der Waals surface area contributed by atoms with Gasteiger partial charge in [0.05, 0.1) is 0 Å². The van der Waals surface area contributed by atoms with E-state index in [0.717, 1.165) is 56.7 Å². The predicted octanol–water partition coefficient (Wildman–Crippen LogP) is 2.29. The van der Waals surface area contributed by atoms with Crippen LogP contribution in [0.3, 0.4) is 0 Å². The largest absolute Gasteiger partial charge is 0.371 e. The first-order valence-electron chi connectivity index (χ1n) is 12.2. The van der Waals surface area contributed by atoms with Crippen LogP contribution in [0.5, 0.6) is 0 Å². The second-order valence-corrected chi connectivity index (χ2v) is 8.96. The summed E-state index contributed by atoms with van der Waals surface area (Å²) in [5.74, 6) is 0.104. The molecule has 1 aromatic heterocycles. The highest BCUT2D eigenvalue weighted by atomic mass is 16.2. The third kappa shape index (κ3) is 5.64. The van der Waals surface area contributed by atoms with Gasteiger partial charge in [-0.05, 0) is 50.3 Å². The molecule has 2 aromatic rings. The number of aromatic nitrogens is 3. The molecule has 0 radical (unpaired) electrons. The number of rotatable bonds is 8. The van der Waals surface area contributed by atoms with Crippen molar-refractivity contribution in [1.82, 2.24) is 19.7 Å². The van der Waals surface area contributed by atoms with Crippen LogP contribution in [-0.4, -0.2) is 45.3 Å². The second kappa shape index (κ2) is 10.7. The molecule has 2 aliphatic heterocycles. The number of amides is 2. The van der Waals surface area contributed by atoms with E-state index in [4.69, 9.17) is 0 Å². The van der Waals surface area contributed by atoms with E-state index in [1.165, 1.54) is 17.5 Å². The lowest BCUT2D eigenvalue weighted by atomic mass is 10.1. The molecule has 3 heterocycles. The zero-order valence-electron chi connectivity index (χ0n) is 19.4. The number of aryl methyl sites for hydroxylation is 1. The van der Waals surface area contributed by atoms with Gasteiger partial charge >= 0.3 is 5.69 Å². The molecule has 1 aromatic carbocycles. The molecule has 1 fully saturated rings. The summed E-state index contributed by atoms with van der Waals surface area (Å²) >= 11 is 0. The Balaban J connectivity index is 1.39. The fourth-order valence-corrected chi connectivity index (χ4v) is 4.65. The molecular weight excluding hydrogens is 420 g/mol. The minimum absolute atomic E-state index is 0.184. The van der Waals surface area contributed by atoms with E-state index in [2.05, 4.69) is 26.7 Å². The van der Waals surface area contributed by atoms with E-state index < -0.39 is 6.04 Å². The lowest BCUT2D eigenvalue weighted by Crippen LogP contribution is -2.45. The maximum atomic E-state index is 13.0. The van der Waals surface area contributed by atoms with E-state index >= 15 is 0 Å². The maximum Gasteiger partial charge on any atom is 0.346 e. The first-order chi connectivity index (χ1) is 16.0. The van der Waals surface area contributed by atoms with Crippen molar-refractivity contribution in [2.75, 3.05) is 23.3 Å². The van der Waals surface area contributed by atoms with Gasteiger partial charge in [0.15, 0.2) is 0 Å². The molecule has 4 rings (SSSR count). The van der Waals surface area contributed by atoms with Gasteiger partial charge in [-0.2, -0.15) is 5.10 Å². The average molecular weight is 455 g/mol. The first-order valence-corrected chi connectivity index (χ1v) is 12.2. The fourth-order valence-electron chi connectivity index (χ4n) is 4.65. The molecule has 0 bridgehead atoms. The number of carbonyl (C=O) groups is 2. The van der Waals surface area contributed by atoms with Crippen molar-refractivity contribution in [2.45, 2.75) is 77.4 Å². The zero-order chi connectivity index (χ0) is 23.2. The molecule has 2 N–H and O–H groups in total. The molecular formula is C24H34N6O3. The van der Waals surface area contributed by atoms with E-state index in [1.54, 1.807) is 4.57 Å². The van der Waals surface area contributed by atoms with Gasteiger partial charge in [-0.25, -0.2) is 9.48 Å². The number of anilines is 2. The third-order valence-corrected chi connectivity index (χ3v) is 6.39. The summed E-state index contributed by atoms with van der Waals surface area (Å²) in [4.78, 5) is 40.6. The smallest absolute Gasteiger partial charge is 0.346 e. The highest BCUT2D eigenvalue weighted by Crippen LogP contribution is 2.23. The summed E-state index contributed by atoms with van der Waals surface area (Å²) in [6, 6.07) is 7.16. The van der Waals surface area contributed by atoms with Gasteiger partial charge in [-0.3, -0.25) is 14.2 Å². The van der Waals surface area contributed by atoms with Gasteiger partial charge in [0, 0.05) is 37.4 Å². The highest BCUT2D eigenvalue weighted by Gasteiger charge is 2.23. The Hall–Kier alpha value is -3.10. The topological polar surface area (TPSA) is 101 Å². The molecule has 0 saturated carbocycles. The number of nitrogens with one attached hydrogen (secondary N) is 2. The van der Waals surface area contributed by atoms with E-state index in [9.17, 15) is 14.4 Å². The molecule has 2 amide bonds. The van der Waals surface area contributed by atoms with Gasteiger partial charge in [0.2, 0.25) is 11.8 Å². The molecule has 33 heavy (non-hydrogen) atoms. The molecule has 1 unspecified atom stereocenters. The lowest BCUT2D eigenvalue weighted by Gasteiger charge is -2.20. The molecule has 1 saturated heterocycles. The second-order valence-electron chi connectivity index (χ2n) is 8.96. The minimum atomic E-state index is -0.672. The van der Waals surface area contributed by atoms with Crippen molar-refractivity contribution in [3.05, 3.63) is 40.6 Å². The molecule has 178 valence electrons. The van der Waals surface area contributed by atoms with Crippen molar-refractivity contribution in [3.8, 4) is 0 Å². The molecule has 9 nitrogen and oxygen atoms in total. The van der Waals surface area contributed by atoms with Crippen molar-refractivity contribution in [1.29, 1.82) is 0 Å². The summed E-state index contributed by atoms with van der Waals surface area (Å²) in [6.07, 6.45) is 7.40. The number of hydrogen-bond donors (Lipinski definition) is 2. The Labute approximate surface area is 194 Å². The SMILES string of the molecule is CCCC(NC(=O)Cn1nc2n(c1=O)CCCCC2)C(=O)Nc1cccc(N2CCCC2)c1. The van der Waals surface area contributed by atoms with Gasteiger partial charge in [0.25, 0.3) is 0 Å². The monoisotopic (exact) mass is 454 g/mol. The van der Waals surface area contributed by atoms with Crippen molar-refractivity contribution in [3.63, 3.8) is 0 Å². The first kappa shape index (κ1) is 23.1. The quantitative estimate of drug-likeness (QED) is 0.637. The van der Waals surface area contributed by atoms with Gasteiger partial charge < -0.3 is 15.5 Å². The van der Waals surface area contributed by atoms with Crippen LogP contribution in [0.2, 0.25) is 0 Å². The summed E-state index contributed by atoms with van der Waals surface area (Å²) in [7, 11) is 0. The number of hydrogen-bond acceptors (Lipinski definition) is 5. The van der Waals surface area contributed by atoms with Crippen LogP contribution in [0.4, 0.5) is 11.4 Å². The normalized spacial score (nSPS) is 16.7. The van der Waals surface area contributed by atoms with Crippen LogP contribution < -0.4 is 21.2 Å². The Morgan fingerprint density at radius 3 is 2.67 bits per heavy atom. The number of carbonyl (C=O) groups excluding carboxylic acids is 2. The molecule has 1 atom stereocenters. The maximum absolute atomic E-state index is 13.0. The van der Waals surface area contributed by atoms with E-state index in [0.29, 0.717) is 18.7 Å². The Bertz CT molecular complexity index is 1040. The van der Waals surface area contributed by atoms with Crippen molar-refractivity contribution >= 4 is 23.2 Å². The summed E-state index contributed by atoms with van der Waals surface area (Å²) in [5.41, 5.74) is 1.56. The number of nitrogens with zero attached hydrogens (tertiary/aromatic N) is 4. The average Bonchev–Trinajstić information content (AvgIpc) is 3.36. The van der Waals surface area contributed by atoms with Gasteiger partial charge in [-0.1, -0.05) is 25.8 Å². The molecule has 0 spiro atoms. The Morgan fingerprint density at radius 1 is 1.09 bits per heavy atom. The summed E-state index contributed by atoms with van der Waals surface area (Å²) < 4.78 is 2.89. The minimum Gasteiger partial charge on any atom is -0.371 e. The van der Waals surface area contributed by atoms with Crippen LogP contribution >= 0.6 is 0 Å². The lowest BCUT2D eigenvalue weighted by molar-refractivity contribution is -0.127. The molecule has 0 aliphatic carbocycles. The summed E-state index contributed by atoms with van der Waals surface area (Å²) in [6.45, 7) is 4.49.